The topological polar surface area (TPSA) is 48.5 Å². The van der Waals surface area contributed by atoms with Gasteiger partial charge in [0.15, 0.2) is 0 Å². The van der Waals surface area contributed by atoms with E-state index in [4.69, 9.17) is 4.98 Å². The van der Waals surface area contributed by atoms with Crippen LogP contribution in [0.3, 0.4) is 0 Å². The van der Waals surface area contributed by atoms with E-state index in [1.165, 1.54) is 45.2 Å². The minimum absolute atomic E-state index is 0.0230. The Bertz CT molecular complexity index is 1360. The number of benzene rings is 2. The Kier molecular flexibility index (Phi) is 7.81. The van der Waals surface area contributed by atoms with Gasteiger partial charge >= 0.3 is 0 Å². The maximum atomic E-state index is 13.9. The fourth-order valence-electron chi connectivity index (χ4n) is 6.11. The average Bonchev–Trinajstić information content (AvgIpc) is 3.51. The van der Waals surface area contributed by atoms with Crippen LogP contribution in [0, 0.1) is 0 Å². The zero-order valence-corrected chi connectivity index (χ0v) is 22.8. The molecule has 0 atom stereocenters. The zero-order valence-electron chi connectivity index (χ0n) is 21.9. The van der Waals surface area contributed by atoms with Crippen molar-refractivity contribution in [1.29, 1.82) is 0 Å². The number of para-hydroxylation sites is 1. The number of hydrogen-bond donors (Lipinski definition) is 1. The molecule has 1 amide bonds. The molecule has 2 aliphatic rings. The molecule has 2 aromatic carbocycles. The highest BCUT2D eigenvalue weighted by molar-refractivity contribution is 7.07. The van der Waals surface area contributed by atoms with Crippen LogP contribution in [0.4, 0.5) is 0 Å². The molecule has 0 spiro atoms. The summed E-state index contributed by atoms with van der Waals surface area (Å²) in [4.78, 5) is 24.3. The van der Waals surface area contributed by atoms with Crippen molar-refractivity contribution in [1.82, 2.24) is 20.1 Å². The van der Waals surface area contributed by atoms with E-state index >= 15 is 0 Å². The Hall–Kier alpha value is -3.06. The van der Waals surface area contributed by atoms with E-state index in [-0.39, 0.29) is 5.91 Å². The van der Waals surface area contributed by atoms with Crippen molar-refractivity contribution in [3.8, 4) is 11.3 Å². The Labute approximate surface area is 229 Å². The Morgan fingerprint density at radius 1 is 0.921 bits per heavy atom. The van der Waals surface area contributed by atoms with Crippen molar-refractivity contribution in [3.63, 3.8) is 0 Å². The number of piperidine rings is 2. The number of likely N-dealkylation sites (tertiary alicyclic amines) is 2. The van der Waals surface area contributed by atoms with Gasteiger partial charge in [-0.2, -0.15) is 11.3 Å². The van der Waals surface area contributed by atoms with Crippen LogP contribution < -0.4 is 5.32 Å². The van der Waals surface area contributed by atoms with Gasteiger partial charge in [0, 0.05) is 35.6 Å². The molecule has 1 N–H and O–H groups in total. The first-order valence-electron chi connectivity index (χ1n) is 14.0. The number of rotatable bonds is 7. The third-order valence-electron chi connectivity index (χ3n) is 8.15. The predicted octanol–water partition coefficient (Wildman–Crippen LogP) is 6.34. The van der Waals surface area contributed by atoms with Crippen molar-refractivity contribution in [3.05, 3.63) is 88.1 Å². The van der Waals surface area contributed by atoms with E-state index < -0.39 is 0 Å². The molecule has 2 fully saturated rings. The molecule has 196 valence electrons. The third-order valence-corrected chi connectivity index (χ3v) is 8.88. The van der Waals surface area contributed by atoms with Crippen molar-refractivity contribution in [2.75, 3.05) is 26.2 Å². The number of fused-ring (bicyclic) bond motifs is 1. The number of carbonyl (C=O) groups is 1. The quantitative estimate of drug-likeness (QED) is 0.306. The first-order valence-corrected chi connectivity index (χ1v) is 14.9. The van der Waals surface area contributed by atoms with Gasteiger partial charge in [0.1, 0.15) is 0 Å². The third kappa shape index (κ3) is 5.53. The average molecular weight is 525 g/mol. The molecule has 0 aliphatic carbocycles. The number of pyridine rings is 1. The lowest BCUT2D eigenvalue weighted by molar-refractivity contribution is 0.0885. The summed E-state index contributed by atoms with van der Waals surface area (Å²) in [6, 6.07) is 21.2. The van der Waals surface area contributed by atoms with E-state index in [1.807, 2.05) is 30.3 Å². The number of carbonyl (C=O) groups excluding carboxylic acids is 1. The minimum Gasteiger partial charge on any atom is -0.348 e. The summed E-state index contributed by atoms with van der Waals surface area (Å²) in [6.45, 7) is 5.88. The number of nitrogens with one attached hydrogen (secondary N) is 1. The maximum Gasteiger partial charge on any atom is 0.252 e. The number of nitrogens with zero attached hydrogens (tertiary/aromatic N) is 3. The van der Waals surface area contributed by atoms with Gasteiger partial charge in [-0.05, 0) is 80.3 Å². The van der Waals surface area contributed by atoms with E-state index in [0.717, 1.165) is 58.5 Å². The molecule has 0 saturated carbocycles. The summed E-state index contributed by atoms with van der Waals surface area (Å²) in [5.41, 5.74) is 5.77. The zero-order chi connectivity index (χ0) is 25.7. The number of thiophene rings is 1. The van der Waals surface area contributed by atoms with Gasteiger partial charge in [0.2, 0.25) is 0 Å². The first-order chi connectivity index (χ1) is 18.8. The van der Waals surface area contributed by atoms with Crippen LogP contribution in [0.1, 0.15) is 53.6 Å². The molecule has 2 saturated heterocycles. The molecule has 0 unspecified atom stereocenters. The van der Waals surface area contributed by atoms with Crippen LogP contribution in [0.15, 0.2) is 71.4 Å². The smallest absolute Gasteiger partial charge is 0.252 e. The van der Waals surface area contributed by atoms with E-state index in [1.54, 1.807) is 11.3 Å². The molecule has 0 radical (unpaired) electrons. The molecule has 6 heteroatoms. The summed E-state index contributed by atoms with van der Waals surface area (Å²) in [5.74, 6) is -0.0230. The molecule has 4 aromatic rings. The van der Waals surface area contributed by atoms with E-state index in [2.05, 4.69) is 56.2 Å². The number of amides is 1. The lowest BCUT2D eigenvalue weighted by atomic mass is 9.94. The molecular formula is C32H36N4OS. The Balaban J connectivity index is 1.34. The Morgan fingerprint density at radius 2 is 1.68 bits per heavy atom. The minimum atomic E-state index is -0.0230. The standard InChI is InChI=1S/C32H36N4OS/c37-32(33-21-24-15-20-38-23-24)30-27-11-5-6-12-29(27)34-31(25-9-3-1-4-10-25)28(30)22-35-18-13-26(14-19-35)36-16-7-2-8-17-36/h1,3-6,9-12,15,20,23,26H,2,7-8,13-14,16-19,21-22H2,(H,33,37). The number of aromatic nitrogens is 1. The largest absolute Gasteiger partial charge is 0.348 e. The van der Waals surface area contributed by atoms with E-state index in [9.17, 15) is 4.79 Å². The molecule has 4 heterocycles. The van der Waals surface area contributed by atoms with Gasteiger partial charge in [-0.1, -0.05) is 55.0 Å². The molecule has 0 bridgehead atoms. The van der Waals surface area contributed by atoms with Gasteiger partial charge in [0.05, 0.1) is 16.8 Å². The van der Waals surface area contributed by atoms with Crippen molar-refractivity contribution in [2.24, 2.45) is 0 Å². The van der Waals surface area contributed by atoms with Crippen LogP contribution in [0.2, 0.25) is 0 Å². The Morgan fingerprint density at radius 3 is 2.45 bits per heavy atom. The van der Waals surface area contributed by atoms with Crippen molar-refractivity contribution >= 4 is 28.1 Å². The van der Waals surface area contributed by atoms with Crippen LogP contribution in [-0.2, 0) is 13.1 Å². The van der Waals surface area contributed by atoms with Gasteiger partial charge in [-0.15, -0.1) is 0 Å². The highest BCUT2D eigenvalue weighted by atomic mass is 32.1. The summed E-state index contributed by atoms with van der Waals surface area (Å²) in [5, 5.41) is 8.28. The monoisotopic (exact) mass is 524 g/mol. The number of hydrogen-bond acceptors (Lipinski definition) is 5. The second kappa shape index (κ2) is 11.8. The van der Waals surface area contributed by atoms with E-state index in [0.29, 0.717) is 12.6 Å². The molecule has 38 heavy (non-hydrogen) atoms. The normalized spacial score (nSPS) is 17.6. The van der Waals surface area contributed by atoms with Crippen LogP contribution in [-0.4, -0.2) is 52.9 Å². The molecular weight excluding hydrogens is 488 g/mol. The highest BCUT2D eigenvalue weighted by Crippen LogP contribution is 2.32. The summed E-state index contributed by atoms with van der Waals surface area (Å²) >= 11 is 1.65. The lowest BCUT2D eigenvalue weighted by Crippen LogP contribution is -2.46. The maximum absolute atomic E-state index is 13.9. The SMILES string of the molecule is O=C(NCc1ccsc1)c1c(CN2CCC(N3CCCCC3)CC2)c(-c2ccccc2)nc2ccccc12. The second-order valence-electron chi connectivity index (χ2n) is 10.6. The summed E-state index contributed by atoms with van der Waals surface area (Å²) < 4.78 is 0. The molecule has 5 nitrogen and oxygen atoms in total. The second-order valence-corrected chi connectivity index (χ2v) is 11.4. The fourth-order valence-corrected chi connectivity index (χ4v) is 6.78. The van der Waals surface area contributed by atoms with Crippen LogP contribution in [0.25, 0.3) is 22.2 Å². The lowest BCUT2D eigenvalue weighted by Gasteiger charge is -2.40. The summed E-state index contributed by atoms with van der Waals surface area (Å²) in [7, 11) is 0. The van der Waals surface area contributed by atoms with Crippen LogP contribution >= 0.6 is 11.3 Å². The highest BCUT2D eigenvalue weighted by Gasteiger charge is 2.28. The fraction of sp³-hybridized carbons (Fsp3) is 0.375. The van der Waals surface area contributed by atoms with Crippen molar-refractivity contribution < 1.29 is 4.79 Å². The van der Waals surface area contributed by atoms with Gasteiger partial charge < -0.3 is 10.2 Å². The van der Waals surface area contributed by atoms with Gasteiger partial charge in [0.25, 0.3) is 5.91 Å². The summed E-state index contributed by atoms with van der Waals surface area (Å²) in [6.07, 6.45) is 6.45. The van der Waals surface area contributed by atoms with Crippen LogP contribution in [0.5, 0.6) is 0 Å². The predicted molar refractivity (Wildman–Crippen MR) is 156 cm³/mol. The van der Waals surface area contributed by atoms with Crippen molar-refractivity contribution in [2.45, 2.75) is 51.2 Å². The molecule has 2 aromatic heterocycles. The molecule has 6 rings (SSSR count). The van der Waals surface area contributed by atoms with Gasteiger partial charge in [-0.3, -0.25) is 9.69 Å². The first kappa shape index (κ1) is 25.2. The van der Waals surface area contributed by atoms with Gasteiger partial charge in [-0.25, -0.2) is 4.98 Å². The molecule has 2 aliphatic heterocycles.